The van der Waals surface area contributed by atoms with E-state index in [4.69, 9.17) is 9.47 Å². The number of hydrogen-bond donors (Lipinski definition) is 1. The fourth-order valence-corrected chi connectivity index (χ4v) is 4.16. The minimum atomic E-state index is -3.71. The van der Waals surface area contributed by atoms with Gasteiger partial charge in [-0.3, -0.25) is 0 Å². The van der Waals surface area contributed by atoms with Gasteiger partial charge in [0, 0.05) is 38.3 Å². The molecule has 2 amide bonds. The summed E-state index contributed by atoms with van der Waals surface area (Å²) in [6.07, 6.45) is 0. The summed E-state index contributed by atoms with van der Waals surface area (Å²) in [5.41, 5.74) is 0. The number of urea groups is 1. The normalized spacial score (nSPS) is 16.0. The van der Waals surface area contributed by atoms with E-state index in [2.05, 4.69) is 5.32 Å². The van der Waals surface area contributed by atoms with E-state index < -0.39 is 10.0 Å². The van der Waals surface area contributed by atoms with Gasteiger partial charge >= 0.3 is 6.03 Å². The Kier molecular flexibility index (Phi) is 6.12. The van der Waals surface area contributed by atoms with E-state index in [1.165, 1.54) is 24.6 Å². The first kappa shape index (κ1) is 19.3. The van der Waals surface area contributed by atoms with Crippen LogP contribution in [0, 0.1) is 0 Å². The number of amides is 2. The molecule has 0 spiro atoms. The lowest BCUT2D eigenvalue weighted by Crippen LogP contribution is -2.53. The third-order valence-electron chi connectivity index (χ3n) is 3.93. The van der Waals surface area contributed by atoms with Crippen molar-refractivity contribution >= 4 is 16.1 Å². The number of piperazine rings is 1. The fraction of sp³-hybridized carbons (Fsp3) is 0.562. The summed E-state index contributed by atoms with van der Waals surface area (Å²) >= 11 is 0. The van der Waals surface area contributed by atoms with E-state index in [1.54, 1.807) is 17.0 Å². The van der Waals surface area contributed by atoms with Crippen molar-refractivity contribution in [2.75, 3.05) is 40.4 Å². The summed E-state index contributed by atoms with van der Waals surface area (Å²) in [5.74, 6) is 0.755. The summed E-state index contributed by atoms with van der Waals surface area (Å²) in [6, 6.07) is 4.47. The van der Waals surface area contributed by atoms with Gasteiger partial charge in [-0.05, 0) is 26.0 Å². The molecule has 1 saturated heterocycles. The van der Waals surface area contributed by atoms with Crippen LogP contribution in [0.15, 0.2) is 23.1 Å². The molecule has 1 aromatic rings. The Balaban J connectivity index is 2.13. The summed E-state index contributed by atoms with van der Waals surface area (Å²) in [7, 11) is -0.785. The summed E-state index contributed by atoms with van der Waals surface area (Å²) in [5, 5.41) is 2.81. The average molecular weight is 371 g/mol. The molecule has 0 aromatic heterocycles. The lowest BCUT2D eigenvalue weighted by atomic mass is 10.3. The van der Waals surface area contributed by atoms with Crippen molar-refractivity contribution in [1.29, 1.82) is 0 Å². The minimum Gasteiger partial charge on any atom is -0.497 e. The number of ether oxygens (including phenoxy) is 2. The molecule has 0 unspecified atom stereocenters. The van der Waals surface area contributed by atoms with E-state index >= 15 is 0 Å². The average Bonchev–Trinajstić information content (AvgIpc) is 2.60. The molecular formula is C16H25N3O5S. The number of hydrogen-bond acceptors (Lipinski definition) is 5. The Bertz CT molecular complexity index is 712. The second-order valence-electron chi connectivity index (χ2n) is 6.01. The van der Waals surface area contributed by atoms with Crippen LogP contribution in [-0.4, -0.2) is 70.1 Å². The number of rotatable bonds is 5. The van der Waals surface area contributed by atoms with Gasteiger partial charge in [-0.2, -0.15) is 4.31 Å². The van der Waals surface area contributed by atoms with Crippen molar-refractivity contribution < 1.29 is 22.7 Å². The summed E-state index contributed by atoms with van der Waals surface area (Å²) < 4.78 is 37.5. The molecule has 0 aliphatic carbocycles. The molecule has 1 N–H and O–H groups in total. The van der Waals surface area contributed by atoms with Crippen molar-refractivity contribution in [2.24, 2.45) is 0 Å². The second kappa shape index (κ2) is 7.92. The van der Waals surface area contributed by atoms with Crippen molar-refractivity contribution in [3.8, 4) is 11.5 Å². The zero-order chi connectivity index (χ0) is 18.6. The second-order valence-corrected chi connectivity index (χ2v) is 7.92. The Morgan fingerprint density at radius 3 is 2.28 bits per heavy atom. The number of sulfonamides is 1. The maximum atomic E-state index is 12.9. The number of carbonyl (C=O) groups is 1. The molecule has 140 valence electrons. The number of nitrogens with zero attached hydrogens (tertiary/aromatic N) is 2. The van der Waals surface area contributed by atoms with Crippen molar-refractivity contribution in [3.05, 3.63) is 18.2 Å². The highest BCUT2D eigenvalue weighted by Gasteiger charge is 2.32. The van der Waals surface area contributed by atoms with E-state index in [0.29, 0.717) is 18.8 Å². The Morgan fingerprint density at radius 2 is 1.76 bits per heavy atom. The first-order valence-electron chi connectivity index (χ1n) is 8.07. The monoisotopic (exact) mass is 371 g/mol. The van der Waals surface area contributed by atoms with Gasteiger partial charge in [-0.15, -0.1) is 0 Å². The lowest BCUT2D eigenvalue weighted by Gasteiger charge is -2.34. The highest BCUT2D eigenvalue weighted by Crippen LogP contribution is 2.31. The van der Waals surface area contributed by atoms with Gasteiger partial charge in [0.1, 0.15) is 16.4 Å². The van der Waals surface area contributed by atoms with Gasteiger partial charge < -0.3 is 19.7 Å². The first-order valence-corrected chi connectivity index (χ1v) is 9.51. The van der Waals surface area contributed by atoms with Crippen LogP contribution in [0.5, 0.6) is 11.5 Å². The largest absolute Gasteiger partial charge is 0.497 e. The van der Waals surface area contributed by atoms with E-state index in [-0.39, 0.29) is 35.8 Å². The topological polar surface area (TPSA) is 88.2 Å². The van der Waals surface area contributed by atoms with Crippen LogP contribution in [0.1, 0.15) is 13.8 Å². The molecule has 2 rings (SSSR count). The standard InChI is InChI=1S/C16H25N3O5S/c1-12(2)17-16(20)18-7-9-19(10-8-18)25(21,22)15-6-5-13(23-3)11-14(15)24-4/h5-6,11-12H,7-10H2,1-4H3,(H,17,20). The molecule has 1 aliphatic rings. The summed E-state index contributed by atoms with van der Waals surface area (Å²) in [4.78, 5) is 13.7. The Hall–Kier alpha value is -2.00. The maximum Gasteiger partial charge on any atom is 0.317 e. The van der Waals surface area contributed by atoms with Crippen LogP contribution in [0.25, 0.3) is 0 Å². The summed E-state index contributed by atoms with van der Waals surface area (Å²) in [6.45, 7) is 4.93. The van der Waals surface area contributed by atoms with E-state index in [9.17, 15) is 13.2 Å². The number of methoxy groups -OCH3 is 2. The van der Waals surface area contributed by atoms with Gasteiger partial charge in [-0.1, -0.05) is 0 Å². The molecule has 0 bridgehead atoms. The lowest BCUT2D eigenvalue weighted by molar-refractivity contribution is 0.170. The van der Waals surface area contributed by atoms with Crippen LogP contribution in [0.2, 0.25) is 0 Å². The molecule has 1 aliphatic heterocycles. The van der Waals surface area contributed by atoms with Crippen LogP contribution in [-0.2, 0) is 10.0 Å². The number of nitrogens with one attached hydrogen (secondary N) is 1. The quantitative estimate of drug-likeness (QED) is 0.838. The van der Waals surface area contributed by atoms with Crippen LogP contribution in [0.4, 0.5) is 4.79 Å². The van der Waals surface area contributed by atoms with Gasteiger partial charge in [-0.25, -0.2) is 13.2 Å². The molecule has 1 aromatic carbocycles. The molecule has 9 heteroatoms. The molecule has 1 fully saturated rings. The highest BCUT2D eigenvalue weighted by atomic mass is 32.2. The van der Waals surface area contributed by atoms with Gasteiger partial charge in [0.2, 0.25) is 10.0 Å². The molecule has 1 heterocycles. The van der Waals surface area contributed by atoms with Crippen molar-refractivity contribution in [1.82, 2.24) is 14.5 Å². The van der Waals surface area contributed by atoms with E-state index in [1.807, 2.05) is 13.8 Å². The third kappa shape index (κ3) is 4.35. The Morgan fingerprint density at radius 1 is 1.12 bits per heavy atom. The van der Waals surface area contributed by atoms with E-state index in [0.717, 1.165) is 0 Å². The van der Waals surface area contributed by atoms with Gasteiger partial charge in [0.25, 0.3) is 0 Å². The predicted octanol–water partition coefficient (Wildman–Crippen LogP) is 1.13. The molecule has 0 saturated carbocycles. The van der Waals surface area contributed by atoms with Crippen molar-refractivity contribution in [2.45, 2.75) is 24.8 Å². The molecule has 25 heavy (non-hydrogen) atoms. The van der Waals surface area contributed by atoms with Gasteiger partial charge in [0.15, 0.2) is 0 Å². The molecular weight excluding hydrogens is 346 g/mol. The van der Waals surface area contributed by atoms with Crippen LogP contribution in [0.3, 0.4) is 0 Å². The molecule has 8 nitrogen and oxygen atoms in total. The predicted molar refractivity (Wildman–Crippen MR) is 93.5 cm³/mol. The SMILES string of the molecule is COc1ccc(S(=O)(=O)N2CCN(C(=O)NC(C)C)CC2)c(OC)c1. The first-order chi connectivity index (χ1) is 11.8. The van der Waals surface area contributed by atoms with Crippen LogP contribution >= 0.6 is 0 Å². The van der Waals surface area contributed by atoms with Crippen LogP contribution < -0.4 is 14.8 Å². The number of benzene rings is 1. The maximum absolute atomic E-state index is 12.9. The van der Waals surface area contributed by atoms with Gasteiger partial charge in [0.05, 0.1) is 14.2 Å². The zero-order valence-corrected chi connectivity index (χ0v) is 15.8. The molecule has 0 radical (unpaired) electrons. The van der Waals surface area contributed by atoms with Crippen molar-refractivity contribution in [3.63, 3.8) is 0 Å². The molecule has 0 atom stereocenters. The highest BCUT2D eigenvalue weighted by molar-refractivity contribution is 7.89. The third-order valence-corrected chi connectivity index (χ3v) is 5.86. The fourth-order valence-electron chi connectivity index (χ4n) is 2.60. The Labute approximate surface area is 148 Å². The smallest absolute Gasteiger partial charge is 0.317 e. The zero-order valence-electron chi connectivity index (χ0n) is 15.0. The minimum absolute atomic E-state index is 0.0397. The number of carbonyl (C=O) groups excluding carboxylic acids is 1.